The van der Waals surface area contributed by atoms with Crippen LogP contribution in [0, 0.1) is 0 Å². The summed E-state index contributed by atoms with van der Waals surface area (Å²) in [6.45, 7) is 3.36. The van der Waals surface area contributed by atoms with E-state index in [0.717, 1.165) is 25.7 Å². The molecular formula is C9H18ClNO2S. The summed E-state index contributed by atoms with van der Waals surface area (Å²) in [6.07, 6.45) is 3.85. The van der Waals surface area contributed by atoms with E-state index in [2.05, 4.69) is 4.72 Å². The van der Waals surface area contributed by atoms with Gasteiger partial charge in [-0.05, 0) is 26.7 Å². The van der Waals surface area contributed by atoms with Gasteiger partial charge in [0.25, 0.3) is 0 Å². The monoisotopic (exact) mass is 239 g/mol. The molecule has 1 aliphatic rings. The van der Waals surface area contributed by atoms with E-state index in [1.807, 2.05) is 0 Å². The van der Waals surface area contributed by atoms with Crippen LogP contribution < -0.4 is 4.72 Å². The van der Waals surface area contributed by atoms with E-state index in [1.165, 1.54) is 0 Å². The fourth-order valence-corrected chi connectivity index (χ4v) is 3.26. The maximum Gasteiger partial charge on any atom is 0.214 e. The fraction of sp³-hybridized carbons (Fsp3) is 1.00. The molecule has 0 amide bonds. The molecule has 0 spiro atoms. The third-order valence-electron chi connectivity index (χ3n) is 2.80. The summed E-state index contributed by atoms with van der Waals surface area (Å²) in [5.41, 5.74) is -0.370. The molecule has 0 aromatic heterocycles. The molecule has 0 saturated heterocycles. The van der Waals surface area contributed by atoms with Crippen LogP contribution in [0.25, 0.3) is 0 Å². The van der Waals surface area contributed by atoms with Crippen molar-refractivity contribution in [2.24, 2.45) is 0 Å². The summed E-state index contributed by atoms with van der Waals surface area (Å²) in [5, 5.41) is -0.386. The number of alkyl halides is 1. The molecule has 1 rings (SSSR count). The van der Waals surface area contributed by atoms with Crippen LogP contribution >= 0.6 is 11.6 Å². The predicted molar refractivity (Wildman–Crippen MR) is 59.1 cm³/mol. The predicted octanol–water partition coefficient (Wildman–Crippen LogP) is 1.87. The molecule has 1 N–H and O–H groups in total. The molecule has 0 unspecified atom stereocenters. The maximum absolute atomic E-state index is 11.7. The van der Waals surface area contributed by atoms with Crippen LogP contribution in [0.15, 0.2) is 0 Å². The molecule has 0 radical (unpaired) electrons. The molecular weight excluding hydrogens is 222 g/mol. The van der Waals surface area contributed by atoms with Crippen molar-refractivity contribution in [2.75, 3.05) is 5.88 Å². The van der Waals surface area contributed by atoms with Gasteiger partial charge < -0.3 is 0 Å². The summed E-state index contributed by atoms with van der Waals surface area (Å²) in [4.78, 5) is 0. The van der Waals surface area contributed by atoms with Gasteiger partial charge in [0.1, 0.15) is 0 Å². The third kappa shape index (κ3) is 2.61. The first-order chi connectivity index (χ1) is 6.42. The van der Waals surface area contributed by atoms with Gasteiger partial charge in [0.15, 0.2) is 0 Å². The largest absolute Gasteiger partial charge is 0.214 e. The van der Waals surface area contributed by atoms with Crippen molar-refractivity contribution in [1.82, 2.24) is 4.72 Å². The van der Waals surface area contributed by atoms with Gasteiger partial charge in [-0.3, -0.25) is 0 Å². The maximum atomic E-state index is 11.7. The molecule has 1 saturated carbocycles. The Morgan fingerprint density at radius 3 is 2.21 bits per heavy atom. The first-order valence-corrected chi connectivity index (χ1v) is 7.09. The van der Waals surface area contributed by atoms with Crippen LogP contribution in [0.1, 0.15) is 39.5 Å². The number of nitrogens with one attached hydrogen (secondary N) is 1. The van der Waals surface area contributed by atoms with E-state index >= 15 is 0 Å². The van der Waals surface area contributed by atoms with Gasteiger partial charge in [0.05, 0.1) is 5.25 Å². The number of hydrogen-bond donors (Lipinski definition) is 1. The number of sulfonamides is 1. The molecule has 5 heteroatoms. The molecule has 14 heavy (non-hydrogen) atoms. The van der Waals surface area contributed by atoms with E-state index in [4.69, 9.17) is 11.6 Å². The Kier molecular flexibility index (Phi) is 3.83. The van der Waals surface area contributed by atoms with Crippen LogP contribution in [0.3, 0.4) is 0 Å². The van der Waals surface area contributed by atoms with Gasteiger partial charge in [0.2, 0.25) is 10.0 Å². The Morgan fingerprint density at radius 2 is 1.86 bits per heavy atom. The van der Waals surface area contributed by atoms with Gasteiger partial charge in [-0.2, -0.15) is 0 Å². The smallest absolute Gasteiger partial charge is 0.212 e. The lowest BCUT2D eigenvalue weighted by molar-refractivity contribution is 0.430. The summed E-state index contributed by atoms with van der Waals surface area (Å²) >= 11 is 5.85. The average Bonchev–Trinajstić information content (AvgIpc) is 2.53. The molecule has 0 atom stereocenters. The van der Waals surface area contributed by atoms with E-state index in [-0.39, 0.29) is 10.8 Å². The van der Waals surface area contributed by atoms with Crippen LogP contribution in [-0.4, -0.2) is 25.1 Å². The van der Waals surface area contributed by atoms with E-state index < -0.39 is 10.0 Å². The first-order valence-electron chi connectivity index (χ1n) is 5.01. The van der Waals surface area contributed by atoms with Crippen LogP contribution in [0.4, 0.5) is 0 Å². The normalized spacial score (nSPS) is 21.7. The lowest BCUT2D eigenvalue weighted by atomic mass is 10.0. The zero-order valence-corrected chi connectivity index (χ0v) is 10.3. The topological polar surface area (TPSA) is 46.2 Å². The standard InChI is InChI=1S/C9H18ClNO2S/c1-8(2)14(12,13)11-9(7-10)5-3-4-6-9/h8,11H,3-7H2,1-2H3. The highest BCUT2D eigenvalue weighted by Crippen LogP contribution is 2.31. The van der Waals surface area contributed by atoms with Crippen molar-refractivity contribution in [3.63, 3.8) is 0 Å². The minimum absolute atomic E-state index is 0.370. The highest BCUT2D eigenvalue weighted by atomic mass is 35.5. The molecule has 3 nitrogen and oxygen atoms in total. The number of halogens is 1. The van der Waals surface area contributed by atoms with Crippen LogP contribution in [0.5, 0.6) is 0 Å². The molecule has 0 bridgehead atoms. The van der Waals surface area contributed by atoms with Gasteiger partial charge in [-0.15, -0.1) is 11.6 Å². The average molecular weight is 240 g/mol. The molecule has 0 aromatic rings. The zero-order valence-electron chi connectivity index (χ0n) is 8.72. The summed E-state index contributed by atoms with van der Waals surface area (Å²) < 4.78 is 26.1. The molecule has 0 heterocycles. The molecule has 0 aliphatic heterocycles. The van der Waals surface area contributed by atoms with Crippen LogP contribution in [0.2, 0.25) is 0 Å². The van der Waals surface area contributed by atoms with Crippen molar-refractivity contribution < 1.29 is 8.42 Å². The quantitative estimate of drug-likeness (QED) is 0.762. The van der Waals surface area contributed by atoms with Crippen molar-refractivity contribution in [1.29, 1.82) is 0 Å². The SMILES string of the molecule is CC(C)S(=O)(=O)NC1(CCl)CCCC1. The van der Waals surface area contributed by atoms with E-state index in [9.17, 15) is 8.42 Å². The second-order valence-electron chi connectivity index (χ2n) is 4.32. The Morgan fingerprint density at radius 1 is 1.36 bits per heavy atom. The van der Waals surface area contributed by atoms with Gasteiger partial charge >= 0.3 is 0 Å². The summed E-state index contributed by atoms with van der Waals surface area (Å²) in [7, 11) is -3.19. The van der Waals surface area contributed by atoms with Crippen molar-refractivity contribution in [3.8, 4) is 0 Å². The van der Waals surface area contributed by atoms with E-state index in [0.29, 0.717) is 5.88 Å². The molecule has 0 aromatic carbocycles. The fourth-order valence-electron chi connectivity index (χ4n) is 1.73. The lowest BCUT2D eigenvalue weighted by Crippen LogP contribution is -2.50. The zero-order chi connectivity index (χ0) is 10.8. The molecule has 1 fully saturated rings. The summed E-state index contributed by atoms with van der Waals surface area (Å²) in [5.74, 6) is 0.374. The highest BCUT2D eigenvalue weighted by molar-refractivity contribution is 7.90. The van der Waals surface area contributed by atoms with Gasteiger partial charge in [-0.1, -0.05) is 12.8 Å². The Labute approximate surface area is 91.3 Å². The Bertz CT molecular complexity index is 281. The second kappa shape index (κ2) is 4.37. The van der Waals surface area contributed by atoms with Gasteiger partial charge in [0, 0.05) is 11.4 Å². The van der Waals surface area contributed by atoms with E-state index in [1.54, 1.807) is 13.8 Å². The highest BCUT2D eigenvalue weighted by Gasteiger charge is 2.37. The molecule has 1 aliphatic carbocycles. The Hall–Kier alpha value is 0.200. The summed E-state index contributed by atoms with van der Waals surface area (Å²) in [6, 6.07) is 0. The van der Waals surface area contributed by atoms with Crippen molar-refractivity contribution in [3.05, 3.63) is 0 Å². The molecule has 84 valence electrons. The lowest BCUT2D eigenvalue weighted by Gasteiger charge is -2.28. The minimum atomic E-state index is -3.19. The third-order valence-corrected chi connectivity index (χ3v) is 5.27. The Balaban J connectivity index is 2.75. The van der Waals surface area contributed by atoms with Gasteiger partial charge in [-0.25, -0.2) is 13.1 Å². The van der Waals surface area contributed by atoms with Crippen molar-refractivity contribution >= 4 is 21.6 Å². The first kappa shape index (κ1) is 12.3. The van der Waals surface area contributed by atoms with Crippen molar-refractivity contribution in [2.45, 2.75) is 50.3 Å². The number of rotatable bonds is 4. The van der Waals surface area contributed by atoms with Crippen LogP contribution in [-0.2, 0) is 10.0 Å². The minimum Gasteiger partial charge on any atom is -0.212 e. The second-order valence-corrected chi connectivity index (χ2v) is 6.82. The number of hydrogen-bond acceptors (Lipinski definition) is 2.